The van der Waals surface area contributed by atoms with Gasteiger partial charge < -0.3 is 39.5 Å². The molecule has 0 amide bonds. The van der Waals surface area contributed by atoms with Gasteiger partial charge in [0.2, 0.25) is 0 Å². The molecule has 0 aromatic carbocycles. The largest absolute Gasteiger partial charge is 0.490 e. The lowest BCUT2D eigenvalue weighted by Crippen LogP contribution is -2.33. The third kappa shape index (κ3) is 5.71. The lowest BCUT2D eigenvalue weighted by molar-refractivity contribution is -0.0503. The van der Waals surface area contributed by atoms with Crippen LogP contribution in [0.2, 0.25) is 0 Å². The maximum atomic E-state index is 11.8. The third-order valence-electron chi connectivity index (χ3n) is 3.79. The van der Waals surface area contributed by atoms with Crippen molar-refractivity contribution in [2.24, 2.45) is 0 Å². The first-order valence-corrected chi connectivity index (χ1v) is 12.4. The third-order valence-corrected chi connectivity index (χ3v) is 7.60. The molecule has 1 aliphatic rings. The molecule has 0 saturated carbocycles. The maximum absolute atomic E-state index is 11.8. The molecular formula is C10H15N4O14P3. The van der Waals surface area contributed by atoms with Gasteiger partial charge >= 0.3 is 23.5 Å². The fraction of sp³-hybridized carbons (Fsp3) is 0.500. The van der Waals surface area contributed by atoms with E-state index < -0.39 is 60.2 Å². The molecule has 174 valence electrons. The molecule has 6 atom stereocenters. The highest BCUT2D eigenvalue weighted by molar-refractivity contribution is 7.66. The van der Waals surface area contributed by atoms with E-state index in [9.17, 15) is 33.6 Å². The van der Waals surface area contributed by atoms with Crippen LogP contribution in [0.3, 0.4) is 0 Å². The average Bonchev–Trinajstić information content (AvgIpc) is 3.13. The summed E-state index contributed by atoms with van der Waals surface area (Å²) in [7, 11) is -16.7. The number of hydrogen-bond acceptors (Lipinski definition) is 12. The Balaban J connectivity index is 1.70. The Kier molecular flexibility index (Phi) is 6.68. The molecular weight excluding hydrogens is 493 g/mol. The van der Waals surface area contributed by atoms with E-state index in [4.69, 9.17) is 19.4 Å². The van der Waals surface area contributed by atoms with Crippen LogP contribution in [0.25, 0.3) is 11.2 Å². The molecule has 3 heterocycles. The Morgan fingerprint density at radius 2 is 1.74 bits per heavy atom. The molecule has 0 radical (unpaired) electrons. The number of phosphoric ester groups is 1. The molecule has 1 fully saturated rings. The summed E-state index contributed by atoms with van der Waals surface area (Å²) in [6, 6.07) is 0. The van der Waals surface area contributed by atoms with Crippen LogP contribution < -0.4 is 5.56 Å². The summed E-state index contributed by atoms with van der Waals surface area (Å²) >= 11 is 0. The first kappa shape index (κ1) is 24.3. The molecule has 2 aromatic rings. The van der Waals surface area contributed by atoms with Gasteiger partial charge in [0.15, 0.2) is 17.4 Å². The van der Waals surface area contributed by atoms with Crippen LogP contribution in [0.5, 0.6) is 0 Å². The lowest BCUT2D eigenvalue weighted by atomic mass is 10.1. The van der Waals surface area contributed by atoms with Gasteiger partial charge in [0.25, 0.3) is 5.56 Å². The van der Waals surface area contributed by atoms with E-state index in [0.29, 0.717) is 0 Å². The lowest BCUT2D eigenvalue weighted by Gasteiger charge is -2.19. The van der Waals surface area contributed by atoms with E-state index in [-0.39, 0.29) is 11.2 Å². The van der Waals surface area contributed by atoms with Crippen molar-refractivity contribution in [3.8, 4) is 0 Å². The Labute approximate surface area is 170 Å². The topological polar surface area (TPSA) is 273 Å². The highest BCUT2D eigenvalue weighted by atomic mass is 31.3. The molecule has 0 spiro atoms. The zero-order valence-corrected chi connectivity index (χ0v) is 17.5. The zero-order valence-electron chi connectivity index (χ0n) is 14.8. The van der Waals surface area contributed by atoms with Gasteiger partial charge in [-0.05, 0) is 0 Å². The number of H-pyrrole nitrogens is 1. The number of rotatable bonds is 8. The highest BCUT2D eigenvalue weighted by Crippen LogP contribution is 2.66. The van der Waals surface area contributed by atoms with Gasteiger partial charge in [-0.1, -0.05) is 0 Å². The molecule has 0 bridgehead atoms. The van der Waals surface area contributed by atoms with Crippen LogP contribution in [-0.4, -0.2) is 74.2 Å². The van der Waals surface area contributed by atoms with E-state index in [1.807, 2.05) is 0 Å². The van der Waals surface area contributed by atoms with Crippen LogP contribution in [0.15, 0.2) is 17.4 Å². The summed E-state index contributed by atoms with van der Waals surface area (Å²) in [5, 5.41) is 20.3. The predicted octanol–water partition coefficient (Wildman–Crippen LogP) is -1.92. The second-order valence-electron chi connectivity index (χ2n) is 5.99. The van der Waals surface area contributed by atoms with Crippen molar-refractivity contribution in [2.45, 2.75) is 24.5 Å². The quantitative estimate of drug-likeness (QED) is 0.191. The molecule has 2 unspecified atom stereocenters. The molecule has 2 aromatic heterocycles. The van der Waals surface area contributed by atoms with E-state index in [2.05, 4.69) is 28.1 Å². The number of hydrogen-bond donors (Lipinski definition) is 7. The Hall–Kier alpha value is -1.36. The molecule has 7 N–H and O–H groups in total. The molecule has 21 heteroatoms. The standard InChI is InChI=1S/C10H15N4O14P3/c15-6-4(1-25-30(21,22)28-31(23,24)27-29(18,19)20)26-10(7(6)16)14-3-13-5-8(14)11-2-12-9(5)17/h2-4,6-7,10,15-16H,1H2,(H,21,22)(H,23,24)(H,11,12,17)(H2,18,19,20)/t4-,6+,7+,10+/m1/s1. The number of nitrogens with one attached hydrogen (secondary N) is 1. The zero-order chi connectivity index (χ0) is 23.2. The van der Waals surface area contributed by atoms with E-state index >= 15 is 0 Å². The van der Waals surface area contributed by atoms with Crippen molar-refractivity contribution >= 4 is 34.6 Å². The smallest absolute Gasteiger partial charge is 0.387 e. The maximum Gasteiger partial charge on any atom is 0.490 e. The van der Waals surface area contributed by atoms with Crippen molar-refractivity contribution in [3.05, 3.63) is 23.0 Å². The number of nitrogens with zero attached hydrogens (tertiary/aromatic N) is 3. The van der Waals surface area contributed by atoms with Gasteiger partial charge in [-0.15, -0.1) is 0 Å². The van der Waals surface area contributed by atoms with E-state index in [1.165, 1.54) is 0 Å². The minimum atomic E-state index is -5.72. The summed E-state index contributed by atoms with van der Waals surface area (Å²) in [6.07, 6.45) is -4.05. The second-order valence-corrected chi connectivity index (χ2v) is 10.4. The Bertz CT molecular complexity index is 1160. The number of aromatic amines is 1. The number of aliphatic hydroxyl groups is 2. The first-order chi connectivity index (χ1) is 14.2. The number of aliphatic hydroxyl groups excluding tert-OH is 2. The van der Waals surface area contributed by atoms with Crippen molar-refractivity contribution in [2.75, 3.05) is 6.61 Å². The van der Waals surface area contributed by atoms with Crippen LogP contribution in [0.1, 0.15) is 6.23 Å². The van der Waals surface area contributed by atoms with Gasteiger partial charge in [0.05, 0.1) is 19.3 Å². The Morgan fingerprint density at radius 1 is 1.06 bits per heavy atom. The average molecular weight is 508 g/mol. The number of phosphoric acid groups is 3. The molecule has 18 nitrogen and oxygen atoms in total. The van der Waals surface area contributed by atoms with Crippen molar-refractivity contribution in [1.29, 1.82) is 0 Å². The van der Waals surface area contributed by atoms with Crippen LogP contribution in [0.4, 0.5) is 0 Å². The van der Waals surface area contributed by atoms with Crippen molar-refractivity contribution in [1.82, 2.24) is 19.5 Å². The minimum Gasteiger partial charge on any atom is -0.387 e. The fourth-order valence-corrected chi connectivity index (χ4v) is 5.65. The number of fused-ring (bicyclic) bond motifs is 1. The number of ether oxygens (including phenoxy) is 1. The van der Waals surface area contributed by atoms with Crippen LogP contribution >= 0.6 is 23.5 Å². The predicted molar refractivity (Wildman–Crippen MR) is 93.9 cm³/mol. The van der Waals surface area contributed by atoms with Crippen molar-refractivity contribution in [3.63, 3.8) is 0 Å². The normalized spacial score (nSPS) is 28.5. The fourth-order valence-electron chi connectivity index (χ4n) is 2.62. The van der Waals surface area contributed by atoms with E-state index in [1.54, 1.807) is 0 Å². The van der Waals surface area contributed by atoms with Gasteiger partial charge in [0.1, 0.15) is 18.3 Å². The monoisotopic (exact) mass is 508 g/mol. The first-order valence-electron chi connectivity index (χ1n) is 7.89. The SMILES string of the molecule is O=c1[nH]cnc2c1ncn2[C@H]1O[C@H](COP(=O)(O)OP(=O)(O)OP(=O)(O)O)[C@H](O)[C@@H]1O. The van der Waals surface area contributed by atoms with Gasteiger partial charge in [-0.25, -0.2) is 23.7 Å². The Morgan fingerprint density at radius 3 is 2.39 bits per heavy atom. The summed E-state index contributed by atoms with van der Waals surface area (Å²) < 4.78 is 51.6. The summed E-state index contributed by atoms with van der Waals surface area (Å²) in [6.45, 7) is -0.987. The van der Waals surface area contributed by atoms with Crippen LogP contribution in [0, 0.1) is 0 Å². The molecule has 0 aliphatic carbocycles. The minimum absolute atomic E-state index is 0.00599. The summed E-state index contributed by atoms with van der Waals surface area (Å²) in [5.74, 6) is 0. The van der Waals surface area contributed by atoms with Gasteiger partial charge in [-0.2, -0.15) is 8.62 Å². The van der Waals surface area contributed by atoms with E-state index in [0.717, 1.165) is 17.2 Å². The molecule has 1 aliphatic heterocycles. The highest BCUT2D eigenvalue weighted by Gasteiger charge is 2.47. The van der Waals surface area contributed by atoms with Crippen molar-refractivity contribution < 1.29 is 61.4 Å². The molecule has 1 saturated heterocycles. The summed E-state index contributed by atoms with van der Waals surface area (Å²) in [4.78, 5) is 57.2. The molecule has 31 heavy (non-hydrogen) atoms. The second kappa shape index (κ2) is 8.53. The van der Waals surface area contributed by atoms with Gasteiger partial charge in [-0.3, -0.25) is 13.9 Å². The van der Waals surface area contributed by atoms with Gasteiger partial charge in [0, 0.05) is 0 Å². The van der Waals surface area contributed by atoms with Crippen LogP contribution in [-0.2, 0) is 31.6 Å². The molecule has 3 rings (SSSR count). The summed E-state index contributed by atoms with van der Waals surface area (Å²) in [5.41, 5.74) is -0.681. The number of aromatic nitrogens is 4. The number of imidazole rings is 1.